The van der Waals surface area contributed by atoms with E-state index in [1.807, 2.05) is 0 Å². The van der Waals surface area contributed by atoms with Crippen molar-refractivity contribution in [2.45, 2.75) is 67.9 Å². The summed E-state index contributed by atoms with van der Waals surface area (Å²) in [5.74, 6) is -15.0. The molecule has 16 N–H and O–H groups in total. The molecule has 0 saturated carbocycles. The molecule has 0 radical (unpaired) electrons. The first-order valence-electron chi connectivity index (χ1n) is 29.2. The lowest BCUT2D eigenvalue weighted by Gasteiger charge is -2.31. The molecule has 17 bridgehead atoms. The third-order valence-corrected chi connectivity index (χ3v) is 17.4. The number of rotatable bonds is 5. The van der Waals surface area contributed by atoms with Crippen LogP contribution in [-0.4, -0.2) is 106 Å². The Bertz CT molecular complexity index is 4580. The Morgan fingerprint density at radius 2 is 1.12 bits per heavy atom. The lowest BCUT2D eigenvalue weighted by molar-refractivity contribution is -0.143. The lowest BCUT2D eigenvalue weighted by atomic mass is 9.88. The standard InChI is InChI=1S/C67H55Cl3N8O18/c1-78(25-27-2-8-34(68)9-3-27)26-39-45(82)24-38-51(59(39)84)37-18-30(6-10-43(37)80)53-63(88)77-57(66(91)76-56(38)67(92)93)58(83)31-7-13-47(41(70)19-31)96-50-22-33-21-49(60(50)85)95-46-12-4-28(14-40(46)69)15-42-61(86)73-54(64(89)75-55(33)65(90)74-53)32-16-35(79)23-36(17-32)94-48-20-29(5-11-44(48)81)52(71)62(87)72-42/h2-14,16-24,42,52-58,79-85H,15,25-26,71H2,1H3,(H,72,87)(H,73,86)(H,74,90)(H,75,89)(H,76,91)(H,77,88)(H,92,93)/t42-,52+,53-,54-,55-,56-,57-,58?/m0/s1. The van der Waals surface area contributed by atoms with E-state index in [0.717, 1.165) is 60.2 Å². The summed E-state index contributed by atoms with van der Waals surface area (Å²) < 4.78 is 18.5. The second kappa shape index (κ2) is 26.1. The maximum atomic E-state index is 16.0. The zero-order chi connectivity index (χ0) is 68.3. The average Bonchev–Trinajstić information content (AvgIpc) is 0.762. The molecule has 1 unspecified atom stereocenters. The Morgan fingerprint density at radius 3 is 1.79 bits per heavy atom. The van der Waals surface area contributed by atoms with Gasteiger partial charge in [0, 0.05) is 47.3 Å². The molecule has 0 spiro atoms. The number of amides is 6. The highest BCUT2D eigenvalue weighted by atomic mass is 35.5. The number of hydrogen-bond donors (Lipinski definition) is 15. The molecular weight excluding hydrogens is 1310 g/mol. The first-order chi connectivity index (χ1) is 45.7. The summed E-state index contributed by atoms with van der Waals surface area (Å²) in [4.78, 5) is 106. The first kappa shape index (κ1) is 65.1. The van der Waals surface area contributed by atoms with E-state index in [1.165, 1.54) is 54.6 Å². The van der Waals surface area contributed by atoms with Crippen molar-refractivity contribution in [1.82, 2.24) is 36.8 Å². The largest absolute Gasteiger partial charge is 0.508 e. The first-order valence-corrected chi connectivity index (χ1v) is 30.4. The average molecular weight is 1370 g/mol. The van der Waals surface area contributed by atoms with E-state index in [2.05, 4.69) is 31.9 Å². The zero-order valence-corrected chi connectivity index (χ0v) is 52.0. The van der Waals surface area contributed by atoms with Gasteiger partial charge in [0.1, 0.15) is 82.6 Å². The van der Waals surface area contributed by atoms with E-state index in [1.54, 1.807) is 36.2 Å². The van der Waals surface area contributed by atoms with Crippen LogP contribution in [0, 0.1) is 0 Å². The smallest absolute Gasteiger partial charge is 0.330 e. The maximum Gasteiger partial charge on any atom is 0.330 e. The summed E-state index contributed by atoms with van der Waals surface area (Å²) in [6.07, 6.45) is -2.51. The van der Waals surface area contributed by atoms with Gasteiger partial charge >= 0.3 is 5.97 Å². The molecular formula is C67H55Cl3N8O18. The van der Waals surface area contributed by atoms with Gasteiger partial charge in [-0.2, -0.15) is 0 Å². The number of aromatic hydroxyl groups is 6. The minimum Gasteiger partial charge on any atom is -0.508 e. The number of carbonyl (C=O) groups is 7. The van der Waals surface area contributed by atoms with Gasteiger partial charge in [0.05, 0.1) is 15.6 Å². The van der Waals surface area contributed by atoms with Gasteiger partial charge in [-0.05, 0) is 137 Å². The van der Waals surface area contributed by atoms with Crippen LogP contribution in [0.4, 0.5) is 0 Å². The number of aliphatic hydroxyl groups excluding tert-OH is 1. The Morgan fingerprint density at radius 1 is 0.531 bits per heavy atom. The van der Waals surface area contributed by atoms with Gasteiger partial charge in [-0.25, -0.2) is 4.79 Å². The van der Waals surface area contributed by atoms with E-state index in [0.29, 0.717) is 10.6 Å². The van der Waals surface area contributed by atoms with Crippen LogP contribution in [0.25, 0.3) is 11.1 Å². The molecule has 0 saturated heterocycles. The predicted octanol–water partition coefficient (Wildman–Crippen LogP) is 7.27. The summed E-state index contributed by atoms with van der Waals surface area (Å²) in [7, 11) is 1.64. The predicted molar refractivity (Wildman–Crippen MR) is 342 cm³/mol. The maximum absolute atomic E-state index is 16.0. The molecule has 492 valence electrons. The summed E-state index contributed by atoms with van der Waals surface area (Å²) in [5.41, 5.74) is 4.90. The third-order valence-electron chi connectivity index (χ3n) is 16.5. The van der Waals surface area contributed by atoms with Crippen LogP contribution >= 0.6 is 34.8 Å². The Kier molecular flexibility index (Phi) is 17.7. The van der Waals surface area contributed by atoms with Gasteiger partial charge < -0.3 is 92.7 Å². The Hall–Kier alpha value is -11.0. The number of halogens is 3. The second-order valence-electron chi connectivity index (χ2n) is 23.2. The highest BCUT2D eigenvalue weighted by Gasteiger charge is 2.42. The normalized spacial score (nSPS) is 20.9. The highest BCUT2D eigenvalue weighted by molar-refractivity contribution is 6.32. The number of fused-ring (bicyclic) bond motifs is 14. The van der Waals surface area contributed by atoms with Gasteiger partial charge in [-0.15, -0.1) is 0 Å². The molecule has 6 amide bonds. The number of carboxylic acid groups (broad SMARTS) is 1. The number of ether oxygens (including phenoxy) is 3. The number of nitrogens with one attached hydrogen (secondary N) is 6. The third kappa shape index (κ3) is 13.0. The lowest BCUT2D eigenvalue weighted by Crippen LogP contribution is -2.55. The van der Waals surface area contributed by atoms with E-state index >= 15 is 19.2 Å². The SMILES string of the molecule is CN(Cc1ccc(Cl)cc1)Cc1c(O)cc2c(c1O)-c1cc(ccc1O)[C@@H]1NC(=O)[C@H]3NC(=O)[C@H]4NC(=O)[C@H](Cc5ccc(c(Cl)c5)Oc5cc3cc(c5O)Oc3ccc(cc3Cl)C(O)[C@H](NC1=O)C(=O)N[C@@H]2C(=O)O)NC(=O)[C@H](N)c1ccc(O)c(c1)Oc1cc(O)cc4c1. The van der Waals surface area contributed by atoms with Crippen LogP contribution in [-0.2, 0) is 53.1 Å². The van der Waals surface area contributed by atoms with Crippen LogP contribution in [0.1, 0.15) is 86.4 Å². The second-order valence-corrected chi connectivity index (χ2v) is 24.4. The van der Waals surface area contributed by atoms with Gasteiger partial charge in [0.2, 0.25) is 41.2 Å². The van der Waals surface area contributed by atoms with E-state index < -0.39 is 152 Å². The minimum absolute atomic E-state index is 0.114. The fraction of sp³-hybridized carbons (Fsp3) is 0.179. The van der Waals surface area contributed by atoms with Gasteiger partial charge in [-0.1, -0.05) is 71.2 Å². The Balaban J connectivity index is 1.06. The number of carbonyl (C=O) groups excluding carboxylic acids is 6. The molecule has 26 nitrogen and oxygen atoms in total. The monoisotopic (exact) mass is 1360 g/mol. The van der Waals surface area contributed by atoms with E-state index in [-0.39, 0.29) is 85.9 Å². The van der Waals surface area contributed by atoms with Crippen molar-refractivity contribution in [1.29, 1.82) is 0 Å². The number of nitrogens with zero attached hydrogens (tertiary/aromatic N) is 1. The molecule has 0 aliphatic carbocycles. The van der Waals surface area contributed by atoms with Gasteiger partial charge in [0.15, 0.2) is 29.0 Å². The molecule has 8 atom stereocenters. The van der Waals surface area contributed by atoms with Crippen LogP contribution in [0.5, 0.6) is 69.0 Å². The quantitative estimate of drug-likeness (QED) is 0.0805. The van der Waals surface area contributed by atoms with Crippen molar-refractivity contribution < 1.29 is 88.6 Å². The summed E-state index contributed by atoms with van der Waals surface area (Å²) in [5, 5.41) is 109. The molecule has 29 heteroatoms. The summed E-state index contributed by atoms with van der Waals surface area (Å²) >= 11 is 19.9. The molecule has 14 rings (SSSR count). The molecule has 0 fully saturated rings. The zero-order valence-electron chi connectivity index (χ0n) is 49.8. The van der Waals surface area contributed by atoms with Crippen LogP contribution < -0.4 is 51.8 Å². The number of phenolic OH excluding ortho intramolecular Hbond substituents is 6. The molecule has 6 aliphatic heterocycles. The van der Waals surface area contributed by atoms with Crippen LogP contribution in [0.3, 0.4) is 0 Å². The molecule has 6 aliphatic rings. The van der Waals surface area contributed by atoms with E-state index in [4.69, 9.17) is 54.7 Å². The summed E-state index contributed by atoms with van der Waals surface area (Å²) in [6, 6.07) is 14.1. The van der Waals surface area contributed by atoms with Crippen molar-refractivity contribution in [2.24, 2.45) is 5.73 Å². The van der Waals surface area contributed by atoms with Crippen molar-refractivity contribution in [3.8, 4) is 80.1 Å². The van der Waals surface area contributed by atoms with Crippen LogP contribution in [0.15, 0.2) is 133 Å². The molecule has 96 heavy (non-hydrogen) atoms. The van der Waals surface area contributed by atoms with Crippen molar-refractivity contribution >= 4 is 76.2 Å². The minimum atomic E-state index is -2.24. The molecule has 0 aromatic heterocycles. The molecule has 8 aromatic carbocycles. The summed E-state index contributed by atoms with van der Waals surface area (Å²) in [6.45, 7) is -0.0295. The number of nitrogens with two attached hydrogens (primary N) is 1. The topological polar surface area (TPSA) is 410 Å². The number of aliphatic hydroxyl groups is 1. The fourth-order valence-corrected chi connectivity index (χ4v) is 12.3. The number of phenols is 6. The van der Waals surface area contributed by atoms with Crippen molar-refractivity contribution in [3.05, 3.63) is 199 Å². The van der Waals surface area contributed by atoms with E-state index in [9.17, 15) is 55.2 Å². The molecule has 6 heterocycles. The number of aliphatic carboxylic acids is 1. The van der Waals surface area contributed by atoms with Crippen molar-refractivity contribution in [3.63, 3.8) is 0 Å². The molecule has 8 aromatic rings. The fourth-order valence-electron chi connectivity index (χ4n) is 11.7. The Labute approximate surface area is 558 Å². The van der Waals surface area contributed by atoms with Gasteiger partial charge in [-0.3, -0.25) is 33.7 Å². The number of carboxylic acids is 1. The number of hydrogen-bond acceptors (Lipinski definition) is 19. The number of benzene rings is 8. The van der Waals surface area contributed by atoms with Gasteiger partial charge in [0.25, 0.3) is 0 Å². The van der Waals surface area contributed by atoms with Crippen molar-refractivity contribution in [2.75, 3.05) is 7.05 Å². The van der Waals surface area contributed by atoms with Crippen LogP contribution in [0.2, 0.25) is 15.1 Å². The highest BCUT2D eigenvalue weighted by Crippen LogP contribution is 2.49.